The van der Waals surface area contributed by atoms with E-state index in [0.29, 0.717) is 18.0 Å². The summed E-state index contributed by atoms with van der Waals surface area (Å²) >= 11 is 0. The summed E-state index contributed by atoms with van der Waals surface area (Å²) in [6.45, 7) is 6.44. The molecule has 1 amide bonds. The third-order valence-electron chi connectivity index (χ3n) is 7.13. The van der Waals surface area contributed by atoms with Crippen LogP contribution in [0.2, 0.25) is 0 Å². The van der Waals surface area contributed by atoms with Gasteiger partial charge in [-0.1, -0.05) is 6.07 Å². The zero-order valence-electron chi connectivity index (χ0n) is 19.5. The number of rotatable bonds is 5. The van der Waals surface area contributed by atoms with Crippen LogP contribution in [0.15, 0.2) is 36.7 Å². The molecule has 2 fully saturated rings. The molecular formula is C25H32N6O2. The lowest BCUT2D eigenvalue weighted by Crippen LogP contribution is -2.45. The number of imidazole rings is 1. The van der Waals surface area contributed by atoms with E-state index in [-0.39, 0.29) is 5.92 Å². The second-order valence-electron chi connectivity index (χ2n) is 9.32. The van der Waals surface area contributed by atoms with Gasteiger partial charge in [0, 0.05) is 37.8 Å². The number of benzene rings is 1. The maximum absolute atomic E-state index is 13.2. The minimum atomic E-state index is 0.139. The summed E-state index contributed by atoms with van der Waals surface area (Å²) in [6.07, 6.45) is 7.26. The minimum Gasteiger partial charge on any atom is -0.468 e. The predicted octanol–water partition coefficient (Wildman–Crippen LogP) is 3.22. The fourth-order valence-corrected chi connectivity index (χ4v) is 5.29. The van der Waals surface area contributed by atoms with E-state index in [0.717, 1.165) is 69.4 Å². The summed E-state index contributed by atoms with van der Waals surface area (Å²) in [5.41, 5.74) is 4.45. The summed E-state index contributed by atoms with van der Waals surface area (Å²) in [6, 6.07) is 9.33. The van der Waals surface area contributed by atoms with Gasteiger partial charge in [-0.15, -0.1) is 0 Å². The molecule has 8 nitrogen and oxygen atoms in total. The number of aryl methyl sites for hydroxylation is 1. The molecule has 8 heteroatoms. The highest BCUT2D eigenvalue weighted by atomic mass is 16.5. The summed E-state index contributed by atoms with van der Waals surface area (Å²) in [7, 11) is 1.68. The molecule has 0 unspecified atom stereocenters. The topological polar surface area (TPSA) is 76.4 Å². The second-order valence-corrected chi connectivity index (χ2v) is 9.32. The van der Waals surface area contributed by atoms with Crippen molar-refractivity contribution in [2.24, 2.45) is 5.92 Å². The van der Waals surface area contributed by atoms with E-state index in [1.54, 1.807) is 13.3 Å². The van der Waals surface area contributed by atoms with Crippen LogP contribution >= 0.6 is 0 Å². The van der Waals surface area contributed by atoms with Crippen LogP contribution in [-0.2, 0) is 11.3 Å². The minimum absolute atomic E-state index is 0.139. The maximum atomic E-state index is 13.2. The first-order chi connectivity index (χ1) is 16.1. The Morgan fingerprint density at radius 2 is 1.85 bits per heavy atom. The van der Waals surface area contributed by atoms with E-state index in [1.165, 1.54) is 11.1 Å². The molecule has 4 heterocycles. The van der Waals surface area contributed by atoms with Crippen LogP contribution in [0.4, 0.5) is 0 Å². The Morgan fingerprint density at radius 3 is 2.55 bits per heavy atom. The zero-order chi connectivity index (χ0) is 22.8. The van der Waals surface area contributed by atoms with Gasteiger partial charge in [0.1, 0.15) is 0 Å². The van der Waals surface area contributed by atoms with E-state index >= 15 is 0 Å². The number of hydrogen-bond acceptors (Lipinski definition) is 6. The number of amides is 1. The highest BCUT2D eigenvalue weighted by Crippen LogP contribution is 2.33. The summed E-state index contributed by atoms with van der Waals surface area (Å²) < 4.78 is 7.83. The van der Waals surface area contributed by atoms with Crippen molar-refractivity contribution in [1.82, 2.24) is 29.5 Å². The molecule has 0 N–H and O–H groups in total. The van der Waals surface area contributed by atoms with E-state index in [1.807, 2.05) is 12.3 Å². The Kier molecular flexibility index (Phi) is 6.26. The van der Waals surface area contributed by atoms with Gasteiger partial charge in [0.15, 0.2) is 0 Å². The third-order valence-corrected chi connectivity index (χ3v) is 7.13. The highest BCUT2D eigenvalue weighted by molar-refractivity contribution is 5.79. The Balaban J connectivity index is 1.17. The molecular weight excluding hydrogens is 416 g/mol. The van der Waals surface area contributed by atoms with Crippen LogP contribution in [0, 0.1) is 12.8 Å². The number of carbonyl (C=O) groups is 1. The standard InChI is InChI=1S/C25H32N6O2/c1-18-3-4-23-22(15-18)28-25(33-2)31(23)21-8-13-30(14-9-21)24(32)20-6-11-29(12-7-20)17-19-5-10-26-27-16-19/h3-5,10,15-16,20-21H,6-9,11-14,17H2,1-2H3. The zero-order valence-corrected chi connectivity index (χ0v) is 19.5. The number of nitrogens with zero attached hydrogens (tertiary/aromatic N) is 6. The first-order valence-electron chi connectivity index (χ1n) is 11.9. The van der Waals surface area contributed by atoms with Gasteiger partial charge in [0.25, 0.3) is 6.01 Å². The largest absolute Gasteiger partial charge is 0.468 e. The lowest BCUT2D eigenvalue weighted by atomic mass is 9.93. The first-order valence-corrected chi connectivity index (χ1v) is 11.9. The van der Waals surface area contributed by atoms with E-state index in [4.69, 9.17) is 4.74 Å². The molecule has 0 aliphatic carbocycles. The SMILES string of the molecule is COc1nc2cc(C)ccc2n1C1CCN(C(=O)C2CCN(Cc3ccnnc3)CC2)CC1. The van der Waals surface area contributed by atoms with Crippen molar-refractivity contribution < 1.29 is 9.53 Å². The van der Waals surface area contributed by atoms with Crippen LogP contribution in [0.5, 0.6) is 6.01 Å². The van der Waals surface area contributed by atoms with Gasteiger partial charge in [-0.3, -0.25) is 14.3 Å². The highest BCUT2D eigenvalue weighted by Gasteiger charge is 2.32. The molecule has 2 saturated heterocycles. The fourth-order valence-electron chi connectivity index (χ4n) is 5.29. The number of piperidine rings is 2. The van der Waals surface area contributed by atoms with Crippen LogP contribution in [-0.4, -0.2) is 68.7 Å². The summed E-state index contributed by atoms with van der Waals surface area (Å²) in [5.74, 6) is 0.469. The van der Waals surface area contributed by atoms with Gasteiger partial charge in [0.2, 0.25) is 5.91 Å². The van der Waals surface area contributed by atoms with E-state index < -0.39 is 0 Å². The monoisotopic (exact) mass is 448 g/mol. The van der Waals surface area contributed by atoms with Crippen molar-refractivity contribution >= 4 is 16.9 Å². The van der Waals surface area contributed by atoms with Gasteiger partial charge in [-0.25, -0.2) is 0 Å². The number of fused-ring (bicyclic) bond motifs is 1. The van der Waals surface area contributed by atoms with E-state index in [2.05, 4.69) is 54.7 Å². The first kappa shape index (κ1) is 21.8. The van der Waals surface area contributed by atoms with Gasteiger partial charge >= 0.3 is 0 Å². The number of hydrogen-bond donors (Lipinski definition) is 0. The van der Waals surface area contributed by atoms with Crippen molar-refractivity contribution in [1.29, 1.82) is 0 Å². The Bertz CT molecular complexity index is 1100. The van der Waals surface area contributed by atoms with Crippen LogP contribution in [0.25, 0.3) is 11.0 Å². The van der Waals surface area contributed by atoms with Crippen molar-refractivity contribution in [2.45, 2.75) is 45.2 Å². The molecule has 5 rings (SSSR count). The fraction of sp³-hybridized carbons (Fsp3) is 0.520. The molecule has 2 aromatic heterocycles. The van der Waals surface area contributed by atoms with Crippen molar-refractivity contribution in [3.8, 4) is 6.01 Å². The molecule has 3 aromatic rings. The van der Waals surface area contributed by atoms with Crippen molar-refractivity contribution in [3.63, 3.8) is 0 Å². The molecule has 2 aliphatic rings. The average Bonchev–Trinajstić information content (AvgIpc) is 3.22. The Labute approximate surface area is 194 Å². The molecule has 0 radical (unpaired) electrons. The molecule has 174 valence electrons. The maximum Gasteiger partial charge on any atom is 0.297 e. The van der Waals surface area contributed by atoms with Crippen LogP contribution < -0.4 is 4.74 Å². The molecule has 0 saturated carbocycles. The smallest absolute Gasteiger partial charge is 0.297 e. The number of carbonyl (C=O) groups excluding carboxylic acids is 1. The predicted molar refractivity (Wildman–Crippen MR) is 126 cm³/mol. The van der Waals surface area contributed by atoms with E-state index in [9.17, 15) is 4.79 Å². The molecule has 1 aromatic carbocycles. The summed E-state index contributed by atoms with van der Waals surface area (Å²) in [4.78, 5) is 22.4. The third kappa shape index (κ3) is 4.57. The lowest BCUT2D eigenvalue weighted by Gasteiger charge is -2.37. The quantitative estimate of drug-likeness (QED) is 0.597. The average molecular weight is 449 g/mol. The van der Waals surface area contributed by atoms with Gasteiger partial charge in [-0.05, 0) is 75.0 Å². The number of ether oxygens (including phenoxy) is 1. The molecule has 0 spiro atoms. The second kappa shape index (κ2) is 9.47. The van der Waals surface area contributed by atoms with Crippen LogP contribution in [0.3, 0.4) is 0 Å². The molecule has 0 bridgehead atoms. The summed E-state index contributed by atoms with van der Waals surface area (Å²) in [5, 5.41) is 7.80. The number of methoxy groups -OCH3 is 1. The van der Waals surface area contributed by atoms with Gasteiger partial charge in [0.05, 0.1) is 24.3 Å². The lowest BCUT2D eigenvalue weighted by molar-refractivity contribution is -0.138. The molecule has 2 aliphatic heterocycles. The van der Waals surface area contributed by atoms with Crippen molar-refractivity contribution in [3.05, 3.63) is 47.8 Å². The normalized spacial score (nSPS) is 18.7. The Hall–Kier alpha value is -3.00. The van der Waals surface area contributed by atoms with Gasteiger partial charge < -0.3 is 9.64 Å². The Morgan fingerprint density at radius 1 is 1.06 bits per heavy atom. The molecule has 0 atom stereocenters. The number of likely N-dealkylation sites (tertiary alicyclic amines) is 2. The van der Waals surface area contributed by atoms with Gasteiger partial charge in [-0.2, -0.15) is 15.2 Å². The molecule has 33 heavy (non-hydrogen) atoms. The van der Waals surface area contributed by atoms with Crippen LogP contribution in [0.1, 0.15) is 42.9 Å². The number of aromatic nitrogens is 4. The van der Waals surface area contributed by atoms with Crippen molar-refractivity contribution in [2.75, 3.05) is 33.3 Å².